The molecule has 0 aliphatic heterocycles. The van der Waals surface area contributed by atoms with Crippen LogP contribution >= 0.6 is 25.4 Å². The first-order valence-corrected chi connectivity index (χ1v) is 43.6. The molecule has 0 spiro atoms. The molecule has 0 unspecified atom stereocenters. The quantitative estimate of drug-likeness (QED) is 0.0268. The minimum atomic E-state index is -1.96. The van der Waals surface area contributed by atoms with E-state index in [1.807, 2.05) is 228 Å². The van der Waals surface area contributed by atoms with E-state index >= 15 is 0 Å². The number of benzene rings is 12. The minimum Gasteiger partial charge on any atom is -0.428 e. The van der Waals surface area contributed by atoms with Gasteiger partial charge in [0, 0.05) is 44.2 Å². The van der Waals surface area contributed by atoms with E-state index in [1.165, 1.54) is 11.1 Å². The summed E-state index contributed by atoms with van der Waals surface area (Å²) in [4.78, 5) is 37.5. The second-order valence-electron chi connectivity index (χ2n) is 32.9. The van der Waals surface area contributed by atoms with Gasteiger partial charge < -0.3 is 68.5 Å². The molecule has 0 aliphatic carbocycles. The average Bonchev–Trinajstić information content (AvgIpc) is 1.47. The molecule has 12 aromatic carbocycles. The average molecular weight is 1700 g/mol. The standard InChI is InChI=1S/C39H45O6P.C33H35O6P.C29H27O6P/c1-22(2)30-20-24(5)26(7)34-35-27(8)25(6)21-31(23(3)4)37(35)45-46(44-36(30)34)43-33-19-15-13-17-29(33)28-16-12-14-18-32(28)41-38(40)42-39(9,10)11;1-22-16-18-28(24(3)20-22)37-40(38-29-19-17-23(2)21-25(29)4)39-31-15-11-9-13-27(31)26-12-8-10-14-30(26)35-32(34)36-33(5,6)7;1-29(2,3)32-28(30)31-26-20-12-10-18-24(26)25-19-11-13-21-27(25)35-36(33-22-14-6-4-7-15-22)34-23-16-8-5-9-17-23/h12-23H,1-11H3;8-21H,1-7H3;4-21H,1-3H3. The topological polar surface area (TPSA) is 197 Å². The first kappa shape index (κ1) is 90.6. The third-order valence-corrected chi connectivity index (χ3v) is 21.9. The van der Waals surface area contributed by atoms with Gasteiger partial charge in [-0.15, -0.1) is 0 Å². The molecular weight excluding hydrogens is 1590 g/mol. The summed E-state index contributed by atoms with van der Waals surface area (Å²) in [5.41, 5.74) is 14.9. The van der Waals surface area contributed by atoms with Crippen LogP contribution in [0.4, 0.5) is 14.4 Å². The molecule has 634 valence electrons. The van der Waals surface area contributed by atoms with Gasteiger partial charge in [0.25, 0.3) is 0 Å². The van der Waals surface area contributed by atoms with E-state index in [2.05, 4.69) is 79.7 Å². The van der Waals surface area contributed by atoms with Gasteiger partial charge in [0.2, 0.25) is 0 Å². The Morgan fingerprint density at radius 2 is 0.574 bits per heavy atom. The van der Waals surface area contributed by atoms with Crippen molar-refractivity contribution in [1.82, 2.24) is 0 Å². The molecule has 0 amide bonds. The van der Waals surface area contributed by atoms with Crippen LogP contribution in [-0.4, -0.2) is 35.3 Å². The number of rotatable bonds is 22. The van der Waals surface area contributed by atoms with Gasteiger partial charge in [0.05, 0.1) is 0 Å². The zero-order chi connectivity index (χ0) is 87.7. The maximum atomic E-state index is 12.6. The molecule has 0 bridgehead atoms. The molecule has 13 rings (SSSR count). The second kappa shape index (κ2) is 40.5. The highest BCUT2D eigenvalue weighted by Crippen LogP contribution is 2.52. The number of ether oxygens (including phenoxy) is 6. The molecule has 122 heavy (non-hydrogen) atoms. The summed E-state index contributed by atoms with van der Waals surface area (Å²) in [5.74, 6) is 5.64. The number of aryl methyl sites for hydroxylation is 8. The Labute approximate surface area is 719 Å². The first-order chi connectivity index (χ1) is 58.0. The zero-order valence-electron chi connectivity index (χ0n) is 73.1. The van der Waals surface area contributed by atoms with Gasteiger partial charge in [-0.25, -0.2) is 14.4 Å². The van der Waals surface area contributed by atoms with E-state index in [1.54, 1.807) is 92.6 Å². The zero-order valence-corrected chi connectivity index (χ0v) is 75.8. The third kappa shape index (κ3) is 24.8. The van der Waals surface area contributed by atoms with Crippen molar-refractivity contribution in [2.24, 2.45) is 0 Å². The van der Waals surface area contributed by atoms with Gasteiger partial charge in [-0.3, -0.25) is 0 Å². The first-order valence-electron chi connectivity index (χ1n) is 40.3. The van der Waals surface area contributed by atoms with Crippen molar-refractivity contribution in [3.8, 4) is 90.9 Å². The van der Waals surface area contributed by atoms with Crippen LogP contribution < -0.4 is 45.9 Å². The predicted molar refractivity (Wildman–Crippen MR) is 488 cm³/mol. The van der Waals surface area contributed by atoms with Gasteiger partial charge in [0.1, 0.15) is 85.5 Å². The number of hydrogen-bond acceptors (Lipinski definition) is 18. The molecule has 13 aromatic rings. The molecule has 18 nitrogen and oxygen atoms in total. The summed E-state index contributed by atoms with van der Waals surface area (Å²) in [7, 11) is -5.76. The summed E-state index contributed by atoms with van der Waals surface area (Å²) in [6.45, 7) is 41.6. The Kier molecular flexibility index (Phi) is 30.0. The SMILES string of the molecule is CC(C)(C)OC(=O)Oc1ccccc1-c1ccccc1OP(Oc1ccccc1)Oc1ccccc1.Cc1cc(C(C)C)c2op(Oc3ccccc3-c3ccccc3OC(=O)OC(C)(C)C)oc3c(C(C)C)cc(C)c(C)c3c2c1C.Cc1ccc(OP(Oc2ccc(C)cc2C)Oc2ccccc2-c2ccccc2OC(=O)OC(C)(C)C)c(C)c1. The monoisotopic (exact) mass is 1700 g/mol. The highest BCUT2D eigenvalue weighted by Gasteiger charge is 2.30. The molecule has 0 radical (unpaired) electrons. The predicted octanol–water partition coefficient (Wildman–Crippen LogP) is 30.7. The van der Waals surface area contributed by atoms with E-state index in [-0.39, 0.29) is 11.8 Å². The maximum absolute atomic E-state index is 12.6. The van der Waals surface area contributed by atoms with Gasteiger partial charge in [-0.1, -0.05) is 221 Å². The lowest BCUT2D eigenvalue weighted by molar-refractivity contribution is 0.0194. The van der Waals surface area contributed by atoms with E-state index in [9.17, 15) is 14.4 Å². The smallest absolute Gasteiger partial charge is 0.428 e. The molecule has 1 aromatic heterocycles. The summed E-state index contributed by atoms with van der Waals surface area (Å²) in [6, 6.07) is 79.4. The van der Waals surface area contributed by atoms with Crippen LogP contribution in [0, 0.1) is 55.4 Å². The van der Waals surface area contributed by atoms with Crippen molar-refractivity contribution in [2.45, 2.75) is 174 Å². The molecule has 0 aliphatic rings. The number of carbonyl (C=O) groups is 3. The Morgan fingerprint density at radius 1 is 0.303 bits per heavy atom. The summed E-state index contributed by atoms with van der Waals surface area (Å²) in [5, 5.41) is 2.14. The number of fused-ring (bicyclic) bond motifs is 3. The third-order valence-electron chi connectivity index (χ3n) is 18.8. The lowest BCUT2D eigenvalue weighted by atomic mass is 9.89. The number of hydrogen-bond donors (Lipinski definition) is 0. The summed E-state index contributed by atoms with van der Waals surface area (Å²) >= 11 is 0. The maximum Gasteiger partial charge on any atom is 0.530 e. The molecule has 0 atom stereocenters. The van der Waals surface area contributed by atoms with E-state index in [0.29, 0.717) is 85.3 Å². The molecular formula is C101H107O18P3. The van der Waals surface area contributed by atoms with Crippen LogP contribution in [0.3, 0.4) is 0 Å². The molecule has 1 heterocycles. The summed E-state index contributed by atoms with van der Waals surface area (Å²) in [6.07, 6.45) is -2.34. The number of carbonyl (C=O) groups excluding carboxylic acids is 3. The highest BCUT2D eigenvalue weighted by molar-refractivity contribution is 7.43. The Balaban J connectivity index is 0.000000180. The van der Waals surface area contributed by atoms with Crippen molar-refractivity contribution in [3.05, 3.63) is 310 Å². The lowest BCUT2D eigenvalue weighted by Crippen LogP contribution is -2.26. The van der Waals surface area contributed by atoms with Gasteiger partial charge in [-0.2, -0.15) is 0 Å². The Morgan fingerprint density at radius 3 is 0.885 bits per heavy atom. The van der Waals surface area contributed by atoms with Crippen molar-refractivity contribution >= 4 is 65.8 Å². The van der Waals surface area contributed by atoms with Crippen LogP contribution in [0.25, 0.3) is 55.3 Å². The van der Waals surface area contributed by atoms with Crippen LogP contribution in [0.1, 0.15) is 157 Å². The summed E-state index contributed by atoms with van der Waals surface area (Å²) < 4.78 is 91.1. The molecule has 21 heteroatoms. The Hall–Kier alpha value is -12.2. The van der Waals surface area contributed by atoms with Gasteiger partial charge in [-0.05, 0) is 247 Å². The van der Waals surface area contributed by atoms with Gasteiger partial charge >= 0.3 is 43.9 Å². The molecule has 0 saturated heterocycles. The molecule has 0 N–H and O–H groups in total. The molecule has 0 saturated carbocycles. The van der Waals surface area contributed by atoms with Crippen LogP contribution in [0.2, 0.25) is 0 Å². The fourth-order valence-electron chi connectivity index (χ4n) is 12.9. The van der Waals surface area contributed by atoms with Crippen molar-refractivity contribution in [1.29, 1.82) is 0 Å². The van der Waals surface area contributed by atoms with Crippen molar-refractivity contribution in [2.75, 3.05) is 0 Å². The minimum absolute atomic E-state index is 0.213. The largest absolute Gasteiger partial charge is 0.530 e. The molecule has 0 fully saturated rings. The number of para-hydroxylation sites is 8. The van der Waals surface area contributed by atoms with E-state index < -0.39 is 60.7 Å². The van der Waals surface area contributed by atoms with Gasteiger partial charge in [0.15, 0.2) is 0 Å². The lowest BCUT2D eigenvalue weighted by Gasteiger charge is -2.22. The fraction of sp³-hybridized carbons (Fsp3) is 0.257. The Bertz CT molecular complexity index is 5680. The fourth-order valence-corrected chi connectivity index (χ4v) is 16.2. The normalized spacial score (nSPS) is 11.4. The van der Waals surface area contributed by atoms with Crippen LogP contribution in [-0.2, 0) is 14.2 Å². The van der Waals surface area contributed by atoms with E-state index in [4.69, 9.17) is 68.5 Å². The van der Waals surface area contributed by atoms with Crippen LogP contribution in [0.15, 0.2) is 263 Å². The van der Waals surface area contributed by atoms with Crippen molar-refractivity contribution < 1.29 is 82.9 Å². The second-order valence-corrected chi connectivity index (χ2v) is 35.9. The van der Waals surface area contributed by atoms with Crippen LogP contribution in [0.5, 0.6) is 57.5 Å². The van der Waals surface area contributed by atoms with Crippen molar-refractivity contribution in [3.63, 3.8) is 0 Å². The van der Waals surface area contributed by atoms with E-state index in [0.717, 1.165) is 72.0 Å². The highest BCUT2D eigenvalue weighted by atomic mass is 31.2.